The molecule has 92 valence electrons. The number of halogens is 1. The third-order valence-corrected chi connectivity index (χ3v) is 58.6. The van der Waals surface area contributed by atoms with Gasteiger partial charge in [0, 0.05) is 0 Å². The number of rotatable bonds is 4. The van der Waals surface area contributed by atoms with Crippen molar-refractivity contribution in [2.75, 3.05) is 5.33 Å². The maximum absolute atomic E-state index is 13.0. The van der Waals surface area contributed by atoms with Crippen LogP contribution in [0.4, 0.5) is 0 Å². The summed E-state index contributed by atoms with van der Waals surface area (Å²) in [5.74, 6) is 0.837. The number of hydrogen-bond donors (Lipinski definition) is 0. The standard InChI is InChI=1S/C9H10BrO.C5H5.Fe/c10-7-3-6-9(11)8-4-1-2-5-8;1-2-4-5-3-1;/h1-2,4-5H,3,6-7H2;1-5H;. The number of carbonyl (C=O) groups is 1. The Bertz CT molecular complexity index is 897. The van der Waals surface area contributed by atoms with E-state index in [1.807, 2.05) is 0 Å². The monoisotopic (exact) mass is 334 g/mol. The van der Waals surface area contributed by atoms with Crippen LogP contribution in [0.2, 0.25) is 47.7 Å². The van der Waals surface area contributed by atoms with Crippen molar-refractivity contribution in [1.82, 2.24) is 0 Å². The van der Waals surface area contributed by atoms with Gasteiger partial charge in [0.15, 0.2) is 0 Å². The molecule has 10 rings (SSSR count). The molecule has 4 atom stereocenters. The third kappa shape index (κ3) is 0.0717. The quantitative estimate of drug-likeness (QED) is 0.547. The zero-order valence-electron chi connectivity index (χ0n) is 9.46. The zero-order chi connectivity index (χ0) is 10.7. The van der Waals surface area contributed by atoms with Crippen molar-refractivity contribution in [3.63, 3.8) is 0 Å². The molecule has 0 aromatic carbocycles. The molecule has 1 spiro atoms. The van der Waals surface area contributed by atoms with E-state index >= 15 is 0 Å². The summed E-state index contributed by atoms with van der Waals surface area (Å²) in [6.07, 6.45) is 2.05. The van der Waals surface area contributed by atoms with Crippen molar-refractivity contribution in [2.24, 2.45) is 0 Å². The average molecular weight is 335 g/mol. The number of ketones is 1. The van der Waals surface area contributed by atoms with Gasteiger partial charge in [-0.05, 0) is 0 Å². The summed E-state index contributed by atoms with van der Waals surface area (Å²) in [4.78, 5) is 24.5. The molecule has 1 nitrogen and oxygen atoms in total. The third-order valence-electron chi connectivity index (χ3n) is 15.6. The zero-order valence-corrected chi connectivity index (χ0v) is 12.1. The Balaban J connectivity index is 1.48. The first-order valence-electron chi connectivity index (χ1n) is 7.33. The average Bonchev–Trinajstić information content (AvgIpc) is 3.28. The Kier molecular flexibility index (Phi) is 0.232. The fourth-order valence-corrected chi connectivity index (χ4v) is 91.8. The van der Waals surface area contributed by atoms with Crippen LogP contribution in [0.3, 0.4) is 0 Å². The number of Topliss-reactive ketones (excluding diaryl/α,β-unsaturated/α-hetero) is 1. The van der Waals surface area contributed by atoms with Crippen molar-refractivity contribution in [3.8, 4) is 0 Å². The van der Waals surface area contributed by atoms with Gasteiger partial charge in [0.2, 0.25) is 0 Å². The first-order chi connectivity index (χ1) is 8.03. The second kappa shape index (κ2) is 0.571. The van der Waals surface area contributed by atoms with Gasteiger partial charge in [0.25, 0.3) is 0 Å². The molecule has 0 radical (unpaired) electrons. The molecule has 0 bridgehead atoms. The molecule has 4 unspecified atom stereocenters. The van der Waals surface area contributed by atoms with Crippen LogP contribution in [0.15, 0.2) is 0 Å². The van der Waals surface area contributed by atoms with Crippen LogP contribution in [-0.2, 0) is 11.3 Å². The molecule has 0 aromatic heterocycles. The predicted molar refractivity (Wildman–Crippen MR) is 64.5 cm³/mol. The van der Waals surface area contributed by atoms with Crippen LogP contribution in [0.1, 0.15) is 12.8 Å². The van der Waals surface area contributed by atoms with E-state index < -0.39 is 6.51 Å². The molecule has 10 aliphatic rings. The molecule has 0 amide bonds. The van der Waals surface area contributed by atoms with E-state index in [4.69, 9.17) is 0 Å². The molecule has 0 saturated carbocycles. The number of fused-ring (bicyclic) bond motifs is 10. The van der Waals surface area contributed by atoms with E-state index in [9.17, 15) is 4.79 Å². The van der Waals surface area contributed by atoms with Crippen molar-refractivity contribution in [2.45, 2.75) is 60.5 Å². The van der Waals surface area contributed by atoms with Gasteiger partial charge in [0.05, 0.1) is 0 Å². The summed E-state index contributed by atoms with van der Waals surface area (Å²) in [6.45, 7) is -3.04. The van der Waals surface area contributed by atoms with Crippen LogP contribution >= 0.6 is 15.9 Å². The Morgan fingerprint density at radius 2 is 1.53 bits per heavy atom. The number of carbonyl (C=O) groups excluding carboxylic acids is 1. The fourth-order valence-electron chi connectivity index (χ4n) is 17.4. The van der Waals surface area contributed by atoms with Crippen LogP contribution in [-0.4, -0.2) is 11.1 Å². The summed E-state index contributed by atoms with van der Waals surface area (Å²) in [7, 11) is 0. The molecular weight excluding hydrogens is 320 g/mol. The van der Waals surface area contributed by atoms with Gasteiger partial charge in [-0.1, -0.05) is 0 Å². The summed E-state index contributed by atoms with van der Waals surface area (Å²) in [6, 6.07) is 0. The Hall–Kier alpha value is 0.669. The summed E-state index contributed by atoms with van der Waals surface area (Å²) < 4.78 is 0.543. The minimum absolute atomic E-state index is 0.543. The molecule has 10 fully saturated rings. The maximum atomic E-state index is 13.0. The van der Waals surface area contributed by atoms with Gasteiger partial charge in [-0.2, -0.15) is 0 Å². The van der Waals surface area contributed by atoms with E-state index in [0.29, 0.717) is 4.31 Å². The topological polar surface area (TPSA) is 17.1 Å². The van der Waals surface area contributed by atoms with Gasteiger partial charge in [-0.3, -0.25) is 0 Å². The molecule has 0 aliphatic carbocycles. The SMILES string of the molecule is O=C(CCCBr)[C]12[CH]3[CH]4[CH]5[CH]1[Fe]45321678[CH]2[CH]1[CH]6[CH]7[CH]28. The molecular formula is C14H15BrFeO. The van der Waals surface area contributed by atoms with Gasteiger partial charge in [-0.15, -0.1) is 0 Å². The summed E-state index contributed by atoms with van der Waals surface area (Å²) in [5.41, 5.74) is 0. The van der Waals surface area contributed by atoms with E-state index in [1.165, 1.54) is 43.3 Å². The molecule has 3 heteroatoms. The van der Waals surface area contributed by atoms with E-state index in [1.54, 1.807) is 0 Å². The van der Waals surface area contributed by atoms with E-state index in [0.717, 1.165) is 24.0 Å². The molecule has 10 saturated heterocycles. The first-order valence-corrected chi connectivity index (χ1v) is 14.7. The van der Waals surface area contributed by atoms with Crippen LogP contribution in [0.25, 0.3) is 0 Å². The second-order valence-corrected chi connectivity index (χ2v) is 35.2. The molecule has 0 N–H and O–H groups in total. The van der Waals surface area contributed by atoms with Crippen LogP contribution < -0.4 is 0 Å². The summed E-state index contributed by atoms with van der Waals surface area (Å²) in [5, 5.41) is 1.03. The molecule has 0 aromatic rings. The van der Waals surface area contributed by atoms with Crippen molar-refractivity contribution in [3.05, 3.63) is 0 Å². The number of alkyl halides is 1. The van der Waals surface area contributed by atoms with E-state index in [-0.39, 0.29) is 0 Å². The van der Waals surface area contributed by atoms with Gasteiger partial charge in [-0.25, -0.2) is 0 Å². The van der Waals surface area contributed by atoms with Crippen molar-refractivity contribution >= 4 is 21.7 Å². The Labute approximate surface area is 98.5 Å². The molecule has 10 aliphatic heterocycles. The molecule has 17 heavy (non-hydrogen) atoms. The van der Waals surface area contributed by atoms with Gasteiger partial charge >= 0.3 is 98.8 Å². The normalized spacial score (nSPS) is 119. The van der Waals surface area contributed by atoms with Crippen LogP contribution in [0, 0.1) is 0 Å². The Morgan fingerprint density at radius 3 is 1.82 bits per heavy atom. The second-order valence-electron chi connectivity index (χ2n) is 10.9. The van der Waals surface area contributed by atoms with E-state index in [2.05, 4.69) is 15.9 Å². The predicted octanol–water partition coefficient (Wildman–Crippen LogP) is 4.49. The van der Waals surface area contributed by atoms with Crippen molar-refractivity contribution < 1.29 is 11.3 Å². The first kappa shape index (κ1) is 6.90. The summed E-state index contributed by atoms with van der Waals surface area (Å²) >= 11 is 3.51. The van der Waals surface area contributed by atoms with Crippen molar-refractivity contribution in [1.29, 1.82) is 0 Å². The van der Waals surface area contributed by atoms with Gasteiger partial charge < -0.3 is 0 Å². The minimum atomic E-state index is -3.04. The van der Waals surface area contributed by atoms with Gasteiger partial charge in [0.1, 0.15) is 0 Å². The Morgan fingerprint density at radius 1 is 1.00 bits per heavy atom. The molecule has 10 heterocycles. The number of hydrogen-bond acceptors (Lipinski definition) is 1. The fraction of sp³-hybridized carbons (Fsp3) is 0.929. The van der Waals surface area contributed by atoms with Crippen LogP contribution in [0.5, 0.6) is 0 Å².